The number of amides is 2. The van der Waals surface area contributed by atoms with Crippen molar-refractivity contribution in [2.45, 2.75) is 32.9 Å². The van der Waals surface area contributed by atoms with Gasteiger partial charge in [0.2, 0.25) is 11.8 Å². The van der Waals surface area contributed by atoms with Crippen LogP contribution >= 0.6 is 11.3 Å². The van der Waals surface area contributed by atoms with Crippen LogP contribution in [0.1, 0.15) is 34.5 Å². The summed E-state index contributed by atoms with van der Waals surface area (Å²) in [5.74, 6) is -0.552. The van der Waals surface area contributed by atoms with Crippen LogP contribution in [0.4, 0.5) is 0 Å². The summed E-state index contributed by atoms with van der Waals surface area (Å²) in [4.78, 5) is 41.6. The van der Waals surface area contributed by atoms with E-state index in [4.69, 9.17) is 9.47 Å². The van der Waals surface area contributed by atoms with Crippen LogP contribution in [-0.2, 0) is 32.1 Å². The summed E-state index contributed by atoms with van der Waals surface area (Å²) in [6.45, 7) is 3.77. The van der Waals surface area contributed by atoms with Gasteiger partial charge in [-0.2, -0.15) is 0 Å². The number of esters is 1. The Hall–Kier alpha value is -3.65. The molecule has 1 heterocycles. The van der Waals surface area contributed by atoms with Gasteiger partial charge in [0.05, 0.1) is 20.1 Å². The lowest BCUT2D eigenvalue weighted by Crippen LogP contribution is -2.46. The highest BCUT2D eigenvalue weighted by molar-refractivity contribution is 7.10. The zero-order valence-electron chi connectivity index (χ0n) is 20.2. The summed E-state index contributed by atoms with van der Waals surface area (Å²) in [7, 11) is 1.59. The molecule has 7 nitrogen and oxygen atoms in total. The number of ether oxygens (including phenoxy) is 2. The molecule has 3 rings (SSSR count). The predicted molar refractivity (Wildman–Crippen MR) is 135 cm³/mol. The normalized spacial score (nSPS) is 11.4. The molecule has 0 saturated carbocycles. The molecule has 2 aromatic carbocycles. The lowest BCUT2D eigenvalue weighted by atomic mass is 10.0. The zero-order chi connectivity index (χ0) is 25.2. The number of thiophene rings is 1. The van der Waals surface area contributed by atoms with Crippen LogP contribution in [-0.4, -0.2) is 42.9 Å². The van der Waals surface area contributed by atoms with E-state index in [1.807, 2.05) is 73.0 Å². The van der Waals surface area contributed by atoms with Crippen LogP contribution in [0.3, 0.4) is 0 Å². The van der Waals surface area contributed by atoms with E-state index in [1.54, 1.807) is 14.0 Å². The van der Waals surface area contributed by atoms with Gasteiger partial charge in [0.1, 0.15) is 18.3 Å². The number of nitrogens with one attached hydrogen (secondary N) is 1. The van der Waals surface area contributed by atoms with E-state index in [9.17, 15) is 14.4 Å². The Balaban J connectivity index is 1.90. The van der Waals surface area contributed by atoms with Gasteiger partial charge >= 0.3 is 5.97 Å². The fourth-order valence-electron chi connectivity index (χ4n) is 3.58. The predicted octanol–water partition coefficient (Wildman–Crippen LogP) is 4.06. The number of benzene rings is 2. The number of hydrogen-bond acceptors (Lipinski definition) is 6. The van der Waals surface area contributed by atoms with Crippen molar-refractivity contribution in [1.29, 1.82) is 0 Å². The Morgan fingerprint density at radius 2 is 1.74 bits per heavy atom. The van der Waals surface area contributed by atoms with Crippen LogP contribution in [0.5, 0.6) is 5.75 Å². The van der Waals surface area contributed by atoms with E-state index in [1.165, 1.54) is 16.2 Å². The van der Waals surface area contributed by atoms with Crippen LogP contribution in [0.25, 0.3) is 0 Å². The summed E-state index contributed by atoms with van der Waals surface area (Å²) >= 11 is 1.45. The first-order chi connectivity index (χ1) is 16.9. The fraction of sp³-hybridized carbons (Fsp3) is 0.296. The van der Waals surface area contributed by atoms with E-state index in [0.29, 0.717) is 5.56 Å². The van der Waals surface area contributed by atoms with Gasteiger partial charge in [-0.05, 0) is 48.6 Å². The smallest absolute Gasteiger partial charge is 0.325 e. The van der Waals surface area contributed by atoms with Crippen LogP contribution in [0.15, 0.2) is 66.0 Å². The molecular formula is C27H30N2O5S. The molecule has 0 spiro atoms. The maximum absolute atomic E-state index is 13.5. The molecule has 8 heteroatoms. The molecule has 0 aliphatic rings. The standard InChI is InChI=1S/C27H30N2O5S/c1-4-34-25(31)18-29(24(30)16-23-6-5-15-35-23)26(21-11-7-19(2)8-12-21)27(32)28-17-20-9-13-22(33-3)14-10-20/h5-15,26H,4,16-18H2,1-3H3,(H,28,32)/t26-/m1/s1. The number of hydrogen-bond donors (Lipinski definition) is 1. The molecule has 35 heavy (non-hydrogen) atoms. The summed E-state index contributed by atoms with van der Waals surface area (Å²) < 4.78 is 10.3. The highest BCUT2D eigenvalue weighted by atomic mass is 32.1. The third-order valence-electron chi connectivity index (χ3n) is 5.41. The average molecular weight is 495 g/mol. The van der Waals surface area contributed by atoms with Crippen LogP contribution in [0, 0.1) is 6.92 Å². The quantitative estimate of drug-likeness (QED) is 0.407. The Kier molecular flexibility index (Phi) is 9.43. The minimum atomic E-state index is -0.995. The molecule has 1 aromatic heterocycles. The Morgan fingerprint density at radius 1 is 1.03 bits per heavy atom. The number of carbonyl (C=O) groups is 3. The fourth-order valence-corrected chi connectivity index (χ4v) is 4.28. The molecule has 0 radical (unpaired) electrons. The third-order valence-corrected chi connectivity index (χ3v) is 6.29. The van der Waals surface area contributed by atoms with Crippen LogP contribution in [0.2, 0.25) is 0 Å². The van der Waals surface area contributed by atoms with Gasteiger partial charge in [-0.3, -0.25) is 14.4 Å². The van der Waals surface area contributed by atoms with Crippen molar-refractivity contribution in [3.63, 3.8) is 0 Å². The second kappa shape index (κ2) is 12.7. The van der Waals surface area contributed by atoms with Gasteiger partial charge in [-0.15, -0.1) is 11.3 Å². The topological polar surface area (TPSA) is 84.9 Å². The summed E-state index contributed by atoms with van der Waals surface area (Å²) in [6.07, 6.45) is 0.0885. The van der Waals surface area contributed by atoms with Crippen molar-refractivity contribution < 1.29 is 23.9 Å². The summed E-state index contributed by atoms with van der Waals surface area (Å²) in [5.41, 5.74) is 2.52. The molecule has 2 amide bonds. The van der Waals surface area contributed by atoms with E-state index in [-0.39, 0.29) is 37.9 Å². The Morgan fingerprint density at radius 3 is 2.34 bits per heavy atom. The lowest BCUT2D eigenvalue weighted by molar-refractivity contribution is -0.152. The van der Waals surface area contributed by atoms with Crippen molar-refractivity contribution in [1.82, 2.24) is 10.2 Å². The van der Waals surface area contributed by atoms with Crippen molar-refractivity contribution >= 4 is 29.1 Å². The number of rotatable bonds is 11. The van der Waals surface area contributed by atoms with Gasteiger partial charge in [0, 0.05) is 11.4 Å². The van der Waals surface area contributed by atoms with Gasteiger partial charge in [0.15, 0.2) is 0 Å². The Labute approximate surface area is 209 Å². The first-order valence-corrected chi connectivity index (χ1v) is 12.2. The minimum absolute atomic E-state index is 0.0885. The second-order valence-electron chi connectivity index (χ2n) is 7.96. The number of carbonyl (C=O) groups excluding carboxylic acids is 3. The molecule has 0 bridgehead atoms. The van der Waals surface area contributed by atoms with Crippen molar-refractivity contribution in [3.8, 4) is 5.75 Å². The number of aryl methyl sites for hydroxylation is 1. The van der Waals surface area contributed by atoms with E-state index >= 15 is 0 Å². The van der Waals surface area contributed by atoms with Gasteiger partial charge < -0.3 is 19.7 Å². The maximum atomic E-state index is 13.5. The van der Waals surface area contributed by atoms with Crippen LogP contribution < -0.4 is 10.1 Å². The largest absolute Gasteiger partial charge is 0.497 e. The third kappa shape index (κ3) is 7.42. The molecular weight excluding hydrogens is 464 g/mol. The summed E-state index contributed by atoms with van der Waals surface area (Å²) in [5, 5.41) is 4.81. The second-order valence-corrected chi connectivity index (χ2v) is 8.99. The highest BCUT2D eigenvalue weighted by Crippen LogP contribution is 2.24. The molecule has 3 aromatic rings. The molecule has 0 unspecified atom stereocenters. The molecule has 0 aliphatic carbocycles. The first-order valence-electron chi connectivity index (χ1n) is 11.4. The SMILES string of the molecule is CCOC(=O)CN(C(=O)Cc1cccs1)[C@@H](C(=O)NCc1ccc(OC)cc1)c1ccc(C)cc1. The average Bonchev–Trinajstić information content (AvgIpc) is 3.37. The molecule has 0 aliphatic heterocycles. The molecule has 0 fully saturated rings. The van der Waals surface area contributed by atoms with Crippen molar-refractivity contribution in [3.05, 3.63) is 87.6 Å². The summed E-state index contributed by atoms with van der Waals surface area (Å²) in [6, 6.07) is 17.5. The van der Waals surface area contributed by atoms with E-state index in [0.717, 1.165) is 21.8 Å². The highest BCUT2D eigenvalue weighted by Gasteiger charge is 2.33. The number of nitrogens with zero attached hydrogens (tertiary/aromatic N) is 1. The van der Waals surface area contributed by atoms with E-state index in [2.05, 4.69) is 5.32 Å². The van der Waals surface area contributed by atoms with Crippen molar-refractivity contribution in [2.24, 2.45) is 0 Å². The molecule has 0 saturated heterocycles. The molecule has 184 valence electrons. The van der Waals surface area contributed by atoms with Crippen molar-refractivity contribution in [2.75, 3.05) is 20.3 Å². The minimum Gasteiger partial charge on any atom is -0.497 e. The monoisotopic (exact) mass is 494 g/mol. The maximum Gasteiger partial charge on any atom is 0.325 e. The van der Waals surface area contributed by atoms with Gasteiger partial charge in [-0.1, -0.05) is 48.0 Å². The van der Waals surface area contributed by atoms with E-state index < -0.39 is 12.0 Å². The molecule has 1 N–H and O–H groups in total. The molecule has 1 atom stereocenters. The first kappa shape index (κ1) is 26.0. The zero-order valence-corrected chi connectivity index (χ0v) is 21.0. The lowest BCUT2D eigenvalue weighted by Gasteiger charge is -2.30. The Bertz CT molecular complexity index is 1110. The van der Waals surface area contributed by atoms with Gasteiger partial charge in [-0.25, -0.2) is 0 Å². The number of methoxy groups -OCH3 is 1. The van der Waals surface area contributed by atoms with Gasteiger partial charge in [0.25, 0.3) is 0 Å².